The zero-order valence-electron chi connectivity index (χ0n) is 13.4. The summed E-state index contributed by atoms with van der Waals surface area (Å²) in [6, 6.07) is 12.6. The van der Waals surface area contributed by atoms with Crippen LogP contribution in [-0.2, 0) is 0 Å². The number of nitrogens with one attached hydrogen (secondary N) is 1. The van der Waals surface area contributed by atoms with E-state index in [1.165, 1.54) is 11.0 Å². The molecule has 8 heteroatoms. The van der Waals surface area contributed by atoms with E-state index in [-0.39, 0.29) is 18.7 Å². The molecule has 0 saturated heterocycles. The largest absolute Gasteiger partial charge is 0.454 e. The van der Waals surface area contributed by atoms with Gasteiger partial charge in [0, 0.05) is 5.56 Å². The average Bonchev–Trinajstić information content (AvgIpc) is 3.32. The molecule has 0 aliphatic carbocycles. The van der Waals surface area contributed by atoms with Crippen molar-refractivity contribution in [3.8, 4) is 17.2 Å². The van der Waals surface area contributed by atoms with Crippen molar-refractivity contribution >= 4 is 5.91 Å². The first kappa shape index (κ1) is 15.1. The van der Waals surface area contributed by atoms with E-state index in [0.29, 0.717) is 17.0 Å². The summed E-state index contributed by atoms with van der Waals surface area (Å²) in [5.74, 6) is 1.23. The van der Waals surface area contributed by atoms with Crippen molar-refractivity contribution in [2.45, 2.75) is 13.0 Å². The highest BCUT2D eigenvalue weighted by Gasteiger charge is 2.17. The van der Waals surface area contributed by atoms with Gasteiger partial charge in [0.15, 0.2) is 11.5 Å². The molecule has 1 aromatic heterocycles. The average molecular weight is 337 g/mol. The summed E-state index contributed by atoms with van der Waals surface area (Å²) in [6.45, 7) is 2.14. The van der Waals surface area contributed by atoms with Gasteiger partial charge in [0.1, 0.15) is 6.33 Å². The van der Waals surface area contributed by atoms with Gasteiger partial charge in [-0.3, -0.25) is 4.79 Å². The number of benzene rings is 2. The third-order valence-electron chi connectivity index (χ3n) is 3.97. The quantitative estimate of drug-likeness (QED) is 0.782. The second-order valence-electron chi connectivity index (χ2n) is 5.61. The monoisotopic (exact) mass is 337 g/mol. The predicted molar refractivity (Wildman–Crippen MR) is 87.6 cm³/mol. The highest BCUT2D eigenvalue weighted by Crippen LogP contribution is 2.34. The Balaban J connectivity index is 1.51. The molecule has 2 heterocycles. The van der Waals surface area contributed by atoms with Crippen LogP contribution in [0.15, 0.2) is 48.8 Å². The lowest BCUT2D eigenvalue weighted by Gasteiger charge is -2.15. The standard InChI is InChI=1S/C17H15N5O3/c1-11(12-5-6-15-16(8-12)25-10-24-15)19-17(23)13-3-2-4-14(7-13)22-9-18-20-21-22/h2-9,11H,10H2,1H3,(H,19,23). The maximum atomic E-state index is 12.6. The van der Waals surface area contributed by atoms with Gasteiger partial charge in [-0.2, -0.15) is 0 Å². The summed E-state index contributed by atoms with van der Waals surface area (Å²) in [7, 11) is 0. The van der Waals surface area contributed by atoms with Crippen LogP contribution in [0.2, 0.25) is 0 Å². The van der Waals surface area contributed by atoms with Gasteiger partial charge in [-0.15, -0.1) is 5.10 Å². The van der Waals surface area contributed by atoms with Gasteiger partial charge in [0.05, 0.1) is 11.7 Å². The molecule has 1 aliphatic heterocycles. The maximum absolute atomic E-state index is 12.6. The molecule has 1 aliphatic rings. The number of ether oxygens (including phenoxy) is 2. The number of hydrogen-bond donors (Lipinski definition) is 1. The Hall–Kier alpha value is -3.42. The zero-order chi connectivity index (χ0) is 17.2. The van der Waals surface area contributed by atoms with Crippen molar-refractivity contribution in [2.24, 2.45) is 0 Å². The number of amides is 1. The van der Waals surface area contributed by atoms with Gasteiger partial charge in [-0.1, -0.05) is 12.1 Å². The second kappa shape index (κ2) is 6.23. The molecule has 0 saturated carbocycles. The van der Waals surface area contributed by atoms with Crippen LogP contribution in [0.3, 0.4) is 0 Å². The van der Waals surface area contributed by atoms with Crippen molar-refractivity contribution in [1.82, 2.24) is 25.5 Å². The molecule has 4 rings (SSSR count). The topological polar surface area (TPSA) is 91.2 Å². The van der Waals surface area contributed by atoms with Gasteiger partial charge < -0.3 is 14.8 Å². The van der Waals surface area contributed by atoms with Crippen LogP contribution in [0, 0.1) is 0 Å². The van der Waals surface area contributed by atoms with Crippen LogP contribution < -0.4 is 14.8 Å². The number of tetrazole rings is 1. The van der Waals surface area contributed by atoms with Crippen molar-refractivity contribution in [3.05, 3.63) is 59.9 Å². The number of aromatic nitrogens is 4. The summed E-state index contributed by atoms with van der Waals surface area (Å²) in [5.41, 5.74) is 2.18. The van der Waals surface area contributed by atoms with E-state index in [1.54, 1.807) is 18.2 Å². The molecule has 25 heavy (non-hydrogen) atoms. The minimum Gasteiger partial charge on any atom is -0.454 e. The Labute approximate surface area is 143 Å². The predicted octanol–water partition coefficient (Wildman–Crippen LogP) is 1.88. The Bertz CT molecular complexity index is 910. The zero-order valence-corrected chi connectivity index (χ0v) is 13.4. The smallest absolute Gasteiger partial charge is 0.251 e. The summed E-state index contributed by atoms with van der Waals surface area (Å²) < 4.78 is 12.2. The van der Waals surface area contributed by atoms with Crippen molar-refractivity contribution in [2.75, 3.05) is 6.79 Å². The summed E-state index contributed by atoms with van der Waals surface area (Å²) >= 11 is 0. The Morgan fingerprint density at radius 3 is 2.92 bits per heavy atom. The number of carbonyl (C=O) groups excluding carboxylic acids is 1. The molecule has 8 nitrogen and oxygen atoms in total. The van der Waals surface area contributed by atoms with Crippen LogP contribution in [0.25, 0.3) is 5.69 Å². The van der Waals surface area contributed by atoms with Crippen LogP contribution in [-0.4, -0.2) is 32.9 Å². The fraction of sp³-hybridized carbons (Fsp3) is 0.176. The molecule has 0 spiro atoms. The molecule has 0 bridgehead atoms. The summed E-state index contributed by atoms with van der Waals surface area (Å²) in [5, 5.41) is 14.0. The van der Waals surface area contributed by atoms with Crippen molar-refractivity contribution in [3.63, 3.8) is 0 Å². The van der Waals surface area contributed by atoms with Crippen LogP contribution >= 0.6 is 0 Å². The summed E-state index contributed by atoms with van der Waals surface area (Å²) in [6.07, 6.45) is 1.48. The van der Waals surface area contributed by atoms with Crippen LogP contribution in [0.4, 0.5) is 0 Å². The molecule has 0 fully saturated rings. The van der Waals surface area contributed by atoms with E-state index in [0.717, 1.165) is 11.3 Å². The van der Waals surface area contributed by atoms with E-state index in [9.17, 15) is 4.79 Å². The summed E-state index contributed by atoms with van der Waals surface area (Å²) in [4.78, 5) is 12.6. The fourth-order valence-electron chi connectivity index (χ4n) is 2.62. The molecule has 1 amide bonds. The molecule has 0 radical (unpaired) electrons. The molecular formula is C17H15N5O3. The molecule has 1 unspecified atom stereocenters. The van der Waals surface area contributed by atoms with E-state index in [1.807, 2.05) is 31.2 Å². The SMILES string of the molecule is CC(NC(=O)c1cccc(-n2cnnn2)c1)c1ccc2c(c1)OCO2. The first-order chi connectivity index (χ1) is 12.2. The van der Waals surface area contributed by atoms with E-state index in [4.69, 9.17) is 9.47 Å². The first-order valence-corrected chi connectivity index (χ1v) is 7.74. The molecule has 126 valence electrons. The molecular weight excluding hydrogens is 322 g/mol. The van der Waals surface area contributed by atoms with E-state index >= 15 is 0 Å². The normalized spacial score (nSPS) is 13.5. The number of rotatable bonds is 4. The lowest BCUT2D eigenvalue weighted by Crippen LogP contribution is -2.26. The highest BCUT2D eigenvalue weighted by atomic mass is 16.7. The molecule has 1 N–H and O–H groups in total. The number of carbonyl (C=O) groups is 1. The lowest BCUT2D eigenvalue weighted by atomic mass is 10.1. The number of fused-ring (bicyclic) bond motifs is 1. The molecule has 2 aromatic carbocycles. The van der Waals surface area contributed by atoms with E-state index < -0.39 is 0 Å². The second-order valence-corrected chi connectivity index (χ2v) is 5.61. The third kappa shape index (κ3) is 3.01. The van der Waals surface area contributed by atoms with Gasteiger partial charge in [0.2, 0.25) is 6.79 Å². The van der Waals surface area contributed by atoms with Crippen molar-refractivity contribution < 1.29 is 14.3 Å². The maximum Gasteiger partial charge on any atom is 0.251 e. The van der Waals surface area contributed by atoms with Crippen molar-refractivity contribution in [1.29, 1.82) is 0 Å². The lowest BCUT2D eigenvalue weighted by molar-refractivity contribution is 0.0939. The third-order valence-corrected chi connectivity index (χ3v) is 3.97. The van der Waals surface area contributed by atoms with Crippen LogP contribution in [0.5, 0.6) is 11.5 Å². The Morgan fingerprint density at radius 1 is 1.20 bits per heavy atom. The highest BCUT2D eigenvalue weighted by molar-refractivity contribution is 5.95. The first-order valence-electron chi connectivity index (χ1n) is 7.74. The molecule has 3 aromatic rings. The van der Waals surface area contributed by atoms with Gasteiger partial charge >= 0.3 is 0 Å². The van der Waals surface area contributed by atoms with E-state index in [2.05, 4.69) is 20.8 Å². The minimum atomic E-state index is -0.182. The number of hydrogen-bond acceptors (Lipinski definition) is 6. The van der Waals surface area contributed by atoms with Gasteiger partial charge in [-0.25, -0.2) is 4.68 Å². The molecule has 1 atom stereocenters. The Morgan fingerprint density at radius 2 is 2.08 bits per heavy atom. The van der Waals surface area contributed by atoms with Crippen LogP contribution in [0.1, 0.15) is 28.9 Å². The number of nitrogens with zero attached hydrogens (tertiary/aromatic N) is 4. The minimum absolute atomic E-state index is 0.180. The van der Waals surface area contributed by atoms with Gasteiger partial charge in [0.25, 0.3) is 5.91 Å². The van der Waals surface area contributed by atoms with Gasteiger partial charge in [-0.05, 0) is 53.2 Å². The Kier molecular flexibility index (Phi) is 3.77. The fourth-order valence-corrected chi connectivity index (χ4v) is 2.62.